The number of nitrogens with one attached hydrogen (secondary N) is 1. The second kappa shape index (κ2) is 9.43. The number of hydrogen-bond acceptors (Lipinski definition) is 6. The molecule has 0 spiro atoms. The van der Waals surface area contributed by atoms with Gasteiger partial charge in [0.05, 0.1) is 24.1 Å². The van der Waals surface area contributed by atoms with Crippen molar-refractivity contribution in [2.24, 2.45) is 0 Å². The zero-order chi connectivity index (χ0) is 22.6. The number of nitrogens with zero attached hydrogens (tertiary/aromatic N) is 4. The van der Waals surface area contributed by atoms with Gasteiger partial charge in [-0.05, 0) is 17.7 Å². The van der Waals surface area contributed by atoms with Crippen molar-refractivity contribution in [3.05, 3.63) is 47.0 Å². The van der Waals surface area contributed by atoms with E-state index in [1.807, 2.05) is 0 Å². The summed E-state index contributed by atoms with van der Waals surface area (Å²) in [6.07, 6.45) is 0.413. The largest absolute Gasteiger partial charge is 0.470 e. The Hall–Kier alpha value is -2.99. The number of fused-ring (bicyclic) bond motifs is 1. The summed E-state index contributed by atoms with van der Waals surface area (Å²) < 4.78 is 56.5. The zero-order valence-corrected chi connectivity index (χ0v) is 16.5. The number of pyridine rings is 2. The van der Waals surface area contributed by atoms with Crippen LogP contribution in [-0.4, -0.2) is 62.9 Å². The maximum Gasteiger partial charge on any atom is 0.340 e. The van der Waals surface area contributed by atoms with Gasteiger partial charge in [-0.15, -0.1) is 0 Å². The van der Waals surface area contributed by atoms with E-state index in [2.05, 4.69) is 25.1 Å². The van der Waals surface area contributed by atoms with E-state index < -0.39 is 30.7 Å². The molecule has 3 heterocycles. The molecular weight excluding hydrogens is 446 g/mol. The van der Waals surface area contributed by atoms with Crippen molar-refractivity contribution in [2.75, 3.05) is 19.8 Å². The predicted molar refractivity (Wildman–Crippen MR) is 102 cm³/mol. The highest BCUT2D eigenvalue weighted by atomic mass is 35.5. The molecule has 0 aliphatic rings. The molecule has 0 fully saturated rings. The van der Waals surface area contributed by atoms with E-state index in [1.165, 1.54) is 23.1 Å². The average Bonchev–Trinajstić information content (AvgIpc) is 3.13. The number of carbonyl (C=O) groups is 1. The number of rotatable bonds is 9. The Labute approximate surface area is 177 Å². The summed E-state index contributed by atoms with van der Waals surface area (Å²) in [6, 6.07) is 2.99. The molecule has 0 saturated carbocycles. The smallest absolute Gasteiger partial charge is 0.340 e. The fourth-order valence-corrected chi connectivity index (χ4v) is 2.82. The van der Waals surface area contributed by atoms with Gasteiger partial charge >= 0.3 is 12.3 Å². The quantitative estimate of drug-likeness (QED) is 0.475. The zero-order valence-electron chi connectivity index (χ0n) is 15.7. The lowest BCUT2D eigenvalue weighted by Crippen LogP contribution is -2.34. The summed E-state index contributed by atoms with van der Waals surface area (Å²) in [7, 11) is 0. The molecule has 0 atom stereocenters. The first-order valence-electron chi connectivity index (χ1n) is 8.85. The summed E-state index contributed by atoms with van der Waals surface area (Å²) >= 11 is 5.97. The Morgan fingerprint density at radius 3 is 2.81 bits per heavy atom. The minimum absolute atomic E-state index is 0.0763. The van der Waals surface area contributed by atoms with E-state index in [-0.39, 0.29) is 30.4 Å². The Morgan fingerprint density at radius 2 is 2.13 bits per heavy atom. The lowest BCUT2D eigenvalue weighted by Gasteiger charge is -2.16. The van der Waals surface area contributed by atoms with Crippen LogP contribution in [0.25, 0.3) is 10.9 Å². The number of hydrogen-bond donors (Lipinski definition) is 2. The van der Waals surface area contributed by atoms with Crippen molar-refractivity contribution in [1.29, 1.82) is 0 Å². The molecule has 8 nitrogen and oxygen atoms in total. The van der Waals surface area contributed by atoms with Crippen LogP contribution in [0.15, 0.2) is 30.7 Å². The first kappa shape index (κ1) is 22.7. The molecule has 31 heavy (non-hydrogen) atoms. The molecule has 3 rings (SSSR count). The van der Waals surface area contributed by atoms with Crippen LogP contribution in [0.1, 0.15) is 16.1 Å². The predicted octanol–water partition coefficient (Wildman–Crippen LogP) is 2.53. The van der Waals surface area contributed by atoms with Gasteiger partial charge in [-0.2, -0.15) is 13.9 Å². The highest BCUT2D eigenvalue weighted by Gasteiger charge is 2.42. The van der Waals surface area contributed by atoms with E-state index in [4.69, 9.17) is 16.7 Å². The Balaban J connectivity index is 1.75. The van der Waals surface area contributed by atoms with Gasteiger partial charge in [0.2, 0.25) is 5.88 Å². The van der Waals surface area contributed by atoms with Crippen LogP contribution in [0.3, 0.4) is 0 Å². The van der Waals surface area contributed by atoms with Crippen LogP contribution < -0.4 is 10.1 Å². The molecule has 0 aliphatic carbocycles. The number of halogens is 5. The summed E-state index contributed by atoms with van der Waals surface area (Å²) in [4.78, 5) is 20.0. The number of amides is 1. The highest BCUT2D eigenvalue weighted by molar-refractivity contribution is 6.31. The molecule has 13 heteroatoms. The van der Waals surface area contributed by atoms with Gasteiger partial charge in [-0.1, -0.05) is 11.6 Å². The average molecular weight is 462 g/mol. The van der Waals surface area contributed by atoms with E-state index in [1.54, 1.807) is 12.3 Å². The highest BCUT2D eigenvalue weighted by Crippen LogP contribution is 2.28. The van der Waals surface area contributed by atoms with Crippen molar-refractivity contribution < 1.29 is 32.2 Å². The fraction of sp³-hybridized carbons (Fsp3) is 0.333. The second-order valence-electron chi connectivity index (χ2n) is 6.38. The van der Waals surface area contributed by atoms with Crippen LogP contribution in [0.4, 0.5) is 17.6 Å². The monoisotopic (exact) mass is 461 g/mol. The molecule has 0 saturated heterocycles. The van der Waals surface area contributed by atoms with Gasteiger partial charge < -0.3 is 15.2 Å². The Kier molecular flexibility index (Phi) is 6.91. The van der Waals surface area contributed by atoms with Gasteiger partial charge in [-0.25, -0.2) is 13.8 Å². The number of ether oxygens (including phenoxy) is 1. The summed E-state index contributed by atoms with van der Waals surface area (Å²) in [5, 5.41) is 16.0. The third kappa shape index (κ3) is 5.39. The minimum Gasteiger partial charge on any atom is -0.470 e. The van der Waals surface area contributed by atoms with Crippen molar-refractivity contribution >= 4 is 28.4 Å². The van der Waals surface area contributed by atoms with Crippen LogP contribution in [-0.2, 0) is 6.54 Å². The Morgan fingerprint density at radius 1 is 1.35 bits per heavy atom. The topological polar surface area (TPSA) is 102 Å². The molecule has 0 radical (unpaired) electrons. The van der Waals surface area contributed by atoms with Gasteiger partial charge in [0.1, 0.15) is 10.7 Å². The molecule has 0 aromatic carbocycles. The third-order valence-electron chi connectivity index (χ3n) is 4.02. The molecule has 3 aromatic heterocycles. The van der Waals surface area contributed by atoms with Crippen molar-refractivity contribution in [3.63, 3.8) is 0 Å². The molecular formula is C18H16ClF4N5O3. The van der Waals surface area contributed by atoms with Crippen molar-refractivity contribution in [3.8, 4) is 5.88 Å². The molecule has 2 N–H and O–H groups in total. The molecule has 3 aromatic rings. The maximum atomic E-state index is 13.0. The van der Waals surface area contributed by atoms with Crippen molar-refractivity contribution in [1.82, 2.24) is 25.1 Å². The lowest BCUT2D eigenvalue weighted by molar-refractivity contribution is -0.148. The van der Waals surface area contributed by atoms with E-state index in [0.29, 0.717) is 16.5 Å². The SMILES string of the molecule is O=C(NCCO)c1nccc2nn(Cc3cnc(OCC(F)(F)C(F)F)c(Cl)c3)cc12. The van der Waals surface area contributed by atoms with E-state index in [9.17, 15) is 22.4 Å². The van der Waals surface area contributed by atoms with Gasteiger partial charge in [0, 0.05) is 25.1 Å². The number of alkyl halides is 4. The van der Waals surface area contributed by atoms with Gasteiger partial charge in [0.15, 0.2) is 6.61 Å². The third-order valence-corrected chi connectivity index (χ3v) is 4.29. The number of aromatic nitrogens is 4. The number of carbonyl (C=O) groups excluding carboxylic acids is 1. The molecule has 0 aliphatic heterocycles. The standard InChI is InChI=1S/C18H16ClF4N5O3/c19-12-5-10(6-26-16(12)31-9-18(22,23)17(20)21)7-28-8-11-13(27-28)1-2-24-14(11)15(30)25-3-4-29/h1-2,5-6,8,17,29H,3-4,7,9H2,(H,25,30). The number of aliphatic hydroxyl groups is 1. The van der Waals surface area contributed by atoms with Crippen LogP contribution in [0, 0.1) is 0 Å². The lowest BCUT2D eigenvalue weighted by atomic mass is 10.2. The molecule has 1 amide bonds. The number of aliphatic hydroxyl groups excluding tert-OH is 1. The van der Waals surface area contributed by atoms with Gasteiger partial charge in [0.25, 0.3) is 5.91 Å². The maximum absolute atomic E-state index is 13.0. The second-order valence-corrected chi connectivity index (χ2v) is 6.79. The summed E-state index contributed by atoms with van der Waals surface area (Å²) in [5.74, 6) is -5.19. The normalized spacial score (nSPS) is 11.8. The summed E-state index contributed by atoms with van der Waals surface area (Å²) in [6.45, 7) is -1.54. The first-order chi connectivity index (χ1) is 14.7. The van der Waals surface area contributed by atoms with Gasteiger partial charge in [-0.3, -0.25) is 14.5 Å². The molecule has 0 bridgehead atoms. The van der Waals surface area contributed by atoms with Crippen LogP contribution >= 0.6 is 11.6 Å². The summed E-state index contributed by atoms with van der Waals surface area (Å²) in [5.41, 5.74) is 1.15. The fourth-order valence-electron chi connectivity index (χ4n) is 2.58. The molecule has 166 valence electrons. The van der Waals surface area contributed by atoms with Crippen LogP contribution in [0.5, 0.6) is 5.88 Å². The van der Waals surface area contributed by atoms with Crippen LogP contribution in [0.2, 0.25) is 5.02 Å². The minimum atomic E-state index is -4.33. The molecule has 0 unspecified atom stereocenters. The van der Waals surface area contributed by atoms with Crippen molar-refractivity contribution in [2.45, 2.75) is 18.9 Å². The van der Waals surface area contributed by atoms with E-state index in [0.717, 1.165) is 0 Å². The Bertz CT molecular complexity index is 1080. The van der Waals surface area contributed by atoms with E-state index >= 15 is 0 Å². The first-order valence-corrected chi connectivity index (χ1v) is 9.23.